The van der Waals surface area contributed by atoms with Gasteiger partial charge in [0.15, 0.2) is 0 Å². The first-order valence-corrected chi connectivity index (χ1v) is 5.05. The van der Waals surface area contributed by atoms with Crippen molar-refractivity contribution < 1.29 is 18.3 Å². The van der Waals surface area contributed by atoms with Gasteiger partial charge in [0.2, 0.25) is 0 Å². The van der Waals surface area contributed by atoms with Crippen molar-refractivity contribution in [1.82, 2.24) is 4.90 Å². The van der Waals surface area contributed by atoms with Gasteiger partial charge in [-0.25, -0.2) is 0 Å². The maximum absolute atomic E-state index is 12.8. The number of nitrogens with zero attached hydrogens (tertiary/aromatic N) is 1. The largest absolute Gasteiger partial charge is 0.397 e. The molecular weight excluding hydrogens is 207 g/mol. The molecule has 5 heteroatoms. The van der Waals surface area contributed by atoms with Crippen LogP contribution >= 0.6 is 0 Å². The maximum atomic E-state index is 12.8. The molecule has 15 heavy (non-hydrogen) atoms. The lowest BCUT2D eigenvalue weighted by molar-refractivity contribution is -0.231. The molecule has 90 valence electrons. The molecule has 0 bridgehead atoms. The van der Waals surface area contributed by atoms with E-state index >= 15 is 0 Å². The SMILES string of the molecule is CC(C)(C)N1CCC(CO)(C(F)(F)F)C1. The first-order valence-electron chi connectivity index (χ1n) is 5.05. The van der Waals surface area contributed by atoms with E-state index in [1.165, 1.54) is 0 Å². The van der Waals surface area contributed by atoms with Crippen LogP contribution < -0.4 is 0 Å². The molecule has 1 heterocycles. The molecule has 0 spiro atoms. The molecule has 0 aromatic heterocycles. The Bertz CT molecular complexity index is 234. The molecule has 1 fully saturated rings. The lowest BCUT2D eigenvalue weighted by Gasteiger charge is -2.35. The fourth-order valence-corrected chi connectivity index (χ4v) is 1.90. The number of aliphatic hydroxyl groups excluding tert-OH is 1. The topological polar surface area (TPSA) is 23.5 Å². The van der Waals surface area contributed by atoms with Crippen LogP contribution in [0.25, 0.3) is 0 Å². The van der Waals surface area contributed by atoms with Crippen molar-refractivity contribution in [2.75, 3.05) is 19.7 Å². The predicted octanol–water partition coefficient (Wildman–Crippen LogP) is 2.03. The number of halogens is 3. The van der Waals surface area contributed by atoms with Crippen LogP contribution in [0.5, 0.6) is 0 Å². The Kier molecular flexibility index (Phi) is 3.09. The molecule has 0 aromatic carbocycles. The van der Waals surface area contributed by atoms with E-state index < -0.39 is 18.2 Å². The Labute approximate surface area is 88.1 Å². The quantitative estimate of drug-likeness (QED) is 0.738. The Morgan fingerprint density at radius 3 is 2.00 bits per heavy atom. The van der Waals surface area contributed by atoms with Gasteiger partial charge < -0.3 is 5.11 Å². The van der Waals surface area contributed by atoms with Gasteiger partial charge >= 0.3 is 6.18 Å². The second kappa shape index (κ2) is 3.63. The van der Waals surface area contributed by atoms with Crippen LogP contribution in [-0.4, -0.2) is 41.4 Å². The van der Waals surface area contributed by atoms with E-state index in [2.05, 4.69) is 0 Å². The molecule has 0 radical (unpaired) electrons. The van der Waals surface area contributed by atoms with Crippen LogP contribution in [-0.2, 0) is 0 Å². The third-order valence-corrected chi connectivity index (χ3v) is 3.21. The number of hydrogen-bond donors (Lipinski definition) is 1. The average Bonchev–Trinajstić information content (AvgIpc) is 2.46. The van der Waals surface area contributed by atoms with Gasteiger partial charge in [-0.2, -0.15) is 13.2 Å². The summed E-state index contributed by atoms with van der Waals surface area (Å²) < 4.78 is 38.4. The molecule has 0 saturated carbocycles. The molecule has 0 amide bonds. The molecule has 1 atom stereocenters. The summed E-state index contributed by atoms with van der Waals surface area (Å²) in [5.41, 5.74) is -2.19. The molecule has 2 nitrogen and oxygen atoms in total. The predicted molar refractivity (Wildman–Crippen MR) is 51.5 cm³/mol. The Morgan fingerprint density at radius 2 is 1.80 bits per heavy atom. The van der Waals surface area contributed by atoms with E-state index in [4.69, 9.17) is 5.11 Å². The van der Waals surface area contributed by atoms with Crippen molar-refractivity contribution >= 4 is 0 Å². The molecule has 1 aliphatic heterocycles. The normalized spacial score (nSPS) is 29.8. The Hall–Kier alpha value is -0.290. The fraction of sp³-hybridized carbons (Fsp3) is 1.00. The van der Waals surface area contributed by atoms with E-state index in [0.717, 1.165) is 0 Å². The van der Waals surface area contributed by atoms with Gasteiger partial charge in [-0.3, -0.25) is 4.90 Å². The first-order chi connectivity index (χ1) is 6.62. The minimum atomic E-state index is -4.32. The van der Waals surface area contributed by atoms with Crippen molar-refractivity contribution in [3.63, 3.8) is 0 Å². The summed E-state index contributed by atoms with van der Waals surface area (Å²) in [6.07, 6.45) is -4.33. The fourth-order valence-electron chi connectivity index (χ4n) is 1.90. The maximum Gasteiger partial charge on any atom is 0.397 e. The molecule has 1 N–H and O–H groups in total. The first kappa shape index (κ1) is 12.8. The van der Waals surface area contributed by atoms with Crippen LogP contribution in [0.2, 0.25) is 0 Å². The lowest BCUT2D eigenvalue weighted by atomic mass is 9.87. The number of aliphatic hydroxyl groups is 1. The third kappa shape index (κ3) is 2.28. The highest BCUT2D eigenvalue weighted by molar-refractivity contribution is 4.98. The molecule has 0 aliphatic carbocycles. The molecule has 1 aliphatic rings. The van der Waals surface area contributed by atoms with Gasteiger partial charge in [-0.05, 0) is 33.7 Å². The molecule has 0 aromatic rings. The Balaban J connectivity index is 2.83. The molecule has 1 rings (SSSR count). The second-order valence-electron chi connectivity index (χ2n) is 5.28. The third-order valence-electron chi connectivity index (χ3n) is 3.21. The highest BCUT2D eigenvalue weighted by atomic mass is 19.4. The van der Waals surface area contributed by atoms with Gasteiger partial charge in [0.05, 0.1) is 6.61 Å². The van der Waals surface area contributed by atoms with Crippen LogP contribution in [0, 0.1) is 5.41 Å². The van der Waals surface area contributed by atoms with Crippen LogP contribution in [0.4, 0.5) is 13.2 Å². The minimum Gasteiger partial charge on any atom is -0.395 e. The van der Waals surface area contributed by atoms with E-state index in [1.54, 1.807) is 4.90 Å². The van der Waals surface area contributed by atoms with Crippen molar-refractivity contribution in [3.05, 3.63) is 0 Å². The van der Waals surface area contributed by atoms with Gasteiger partial charge in [-0.15, -0.1) is 0 Å². The summed E-state index contributed by atoms with van der Waals surface area (Å²) in [4.78, 5) is 1.77. The number of likely N-dealkylation sites (tertiary alicyclic amines) is 1. The summed E-state index contributed by atoms with van der Waals surface area (Å²) in [6.45, 7) is 5.13. The highest BCUT2D eigenvalue weighted by Crippen LogP contribution is 2.46. The van der Waals surface area contributed by atoms with Crippen LogP contribution in [0.3, 0.4) is 0 Å². The average molecular weight is 225 g/mol. The zero-order valence-corrected chi connectivity index (χ0v) is 9.36. The zero-order valence-electron chi connectivity index (χ0n) is 9.36. The zero-order chi connectivity index (χ0) is 11.9. The monoisotopic (exact) mass is 225 g/mol. The van der Waals surface area contributed by atoms with Crippen molar-refractivity contribution in [3.8, 4) is 0 Å². The molecule has 1 saturated heterocycles. The van der Waals surface area contributed by atoms with Crippen molar-refractivity contribution in [2.45, 2.75) is 38.9 Å². The standard InChI is InChI=1S/C10H18F3NO/c1-8(2,3)14-5-4-9(6-14,7-15)10(11,12)13/h15H,4-7H2,1-3H3. The molecule has 1 unspecified atom stereocenters. The van der Waals surface area contributed by atoms with Crippen molar-refractivity contribution in [2.24, 2.45) is 5.41 Å². The minimum absolute atomic E-state index is 0.00965. The van der Waals surface area contributed by atoms with Crippen LogP contribution in [0.1, 0.15) is 27.2 Å². The molecular formula is C10H18F3NO. The number of hydrogen-bond acceptors (Lipinski definition) is 2. The summed E-state index contributed by atoms with van der Waals surface area (Å²) >= 11 is 0. The summed E-state index contributed by atoms with van der Waals surface area (Å²) in [7, 11) is 0. The summed E-state index contributed by atoms with van der Waals surface area (Å²) in [5, 5.41) is 8.99. The number of alkyl halides is 3. The van der Waals surface area contributed by atoms with E-state index in [1.807, 2.05) is 20.8 Å². The van der Waals surface area contributed by atoms with Gasteiger partial charge in [0, 0.05) is 12.1 Å². The van der Waals surface area contributed by atoms with E-state index in [9.17, 15) is 13.2 Å². The summed E-state index contributed by atoms with van der Waals surface area (Å²) in [6, 6.07) is 0. The van der Waals surface area contributed by atoms with E-state index in [-0.39, 0.29) is 18.5 Å². The smallest absolute Gasteiger partial charge is 0.395 e. The van der Waals surface area contributed by atoms with Crippen LogP contribution in [0.15, 0.2) is 0 Å². The highest BCUT2D eigenvalue weighted by Gasteiger charge is 2.58. The van der Waals surface area contributed by atoms with Gasteiger partial charge in [-0.1, -0.05) is 0 Å². The van der Waals surface area contributed by atoms with Gasteiger partial charge in [0.1, 0.15) is 5.41 Å². The summed E-state index contributed by atoms with van der Waals surface area (Å²) in [5.74, 6) is 0. The van der Waals surface area contributed by atoms with Crippen molar-refractivity contribution in [1.29, 1.82) is 0 Å². The Morgan fingerprint density at radius 1 is 1.27 bits per heavy atom. The number of rotatable bonds is 1. The lowest BCUT2D eigenvalue weighted by Crippen LogP contribution is -2.47. The van der Waals surface area contributed by atoms with E-state index in [0.29, 0.717) is 6.54 Å². The second-order valence-corrected chi connectivity index (χ2v) is 5.28. The van der Waals surface area contributed by atoms with Gasteiger partial charge in [0.25, 0.3) is 0 Å².